The van der Waals surface area contributed by atoms with E-state index in [1.54, 1.807) is 14.2 Å². The molecular weight excluding hydrogens is 312 g/mol. The monoisotopic (exact) mass is 338 g/mol. The molecule has 1 heterocycles. The zero-order chi connectivity index (χ0) is 17.8. The maximum atomic E-state index is 6.48. The van der Waals surface area contributed by atoms with Crippen LogP contribution in [0.2, 0.25) is 0 Å². The predicted octanol–water partition coefficient (Wildman–Crippen LogP) is 5.28. The van der Waals surface area contributed by atoms with E-state index < -0.39 is 0 Å². The van der Waals surface area contributed by atoms with Gasteiger partial charge in [0.15, 0.2) is 0 Å². The molecule has 132 valence electrons. The molecule has 2 aromatic carbocycles. The Bertz CT molecular complexity index is 759. The first kappa shape index (κ1) is 17.4. The normalized spacial score (nSPS) is 15.8. The van der Waals surface area contributed by atoms with E-state index in [1.165, 1.54) is 11.1 Å². The summed E-state index contributed by atoms with van der Waals surface area (Å²) in [6.07, 6.45) is 4.95. The first-order chi connectivity index (χ1) is 12.1. The van der Waals surface area contributed by atoms with E-state index in [4.69, 9.17) is 14.2 Å². The van der Waals surface area contributed by atoms with Gasteiger partial charge in [-0.1, -0.05) is 42.0 Å². The molecule has 3 heteroatoms. The van der Waals surface area contributed by atoms with Gasteiger partial charge in [0.25, 0.3) is 0 Å². The van der Waals surface area contributed by atoms with Crippen LogP contribution in [0, 0.1) is 0 Å². The molecule has 1 atom stereocenters. The highest BCUT2D eigenvalue weighted by molar-refractivity contribution is 5.59. The third kappa shape index (κ3) is 3.65. The average molecular weight is 338 g/mol. The lowest BCUT2D eigenvalue weighted by Gasteiger charge is -2.30. The Morgan fingerprint density at radius 1 is 1.12 bits per heavy atom. The van der Waals surface area contributed by atoms with Crippen LogP contribution in [0.5, 0.6) is 17.2 Å². The Kier molecular flexibility index (Phi) is 5.32. The molecule has 0 radical (unpaired) electrons. The largest absolute Gasteiger partial charge is 0.496 e. The van der Waals surface area contributed by atoms with E-state index in [2.05, 4.69) is 44.2 Å². The molecule has 0 bridgehead atoms. The lowest BCUT2D eigenvalue weighted by Crippen LogP contribution is -2.17. The van der Waals surface area contributed by atoms with Crippen LogP contribution in [0.15, 0.2) is 48.0 Å². The number of benzene rings is 2. The molecule has 0 aliphatic carbocycles. The van der Waals surface area contributed by atoms with E-state index in [9.17, 15) is 0 Å². The third-order valence-corrected chi connectivity index (χ3v) is 4.65. The Hall–Kier alpha value is -2.42. The van der Waals surface area contributed by atoms with Crippen molar-refractivity contribution in [3.8, 4) is 17.2 Å². The minimum Gasteiger partial charge on any atom is -0.496 e. The van der Waals surface area contributed by atoms with Crippen molar-refractivity contribution in [2.24, 2.45) is 0 Å². The van der Waals surface area contributed by atoms with Gasteiger partial charge in [-0.2, -0.15) is 0 Å². The van der Waals surface area contributed by atoms with Crippen molar-refractivity contribution < 1.29 is 14.2 Å². The lowest BCUT2D eigenvalue weighted by molar-refractivity contribution is 0.171. The van der Waals surface area contributed by atoms with Crippen LogP contribution in [0.4, 0.5) is 0 Å². The molecule has 0 N–H and O–H groups in total. The van der Waals surface area contributed by atoms with Crippen LogP contribution in [-0.4, -0.2) is 14.2 Å². The van der Waals surface area contributed by atoms with E-state index in [0.29, 0.717) is 0 Å². The van der Waals surface area contributed by atoms with Gasteiger partial charge < -0.3 is 14.2 Å². The molecule has 2 aromatic rings. The van der Waals surface area contributed by atoms with E-state index in [0.717, 1.165) is 47.6 Å². The van der Waals surface area contributed by atoms with E-state index in [-0.39, 0.29) is 6.10 Å². The molecule has 0 saturated carbocycles. The highest BCUT2D eigenvalue weighted by Crippen LogP contribution is 2.46. The summed E-state index contributed by atoms with van der Waals surface area (Å²) in [5, 5.41) is 0. The molecule has 1 aliphatic heterocycles. The number of fused-ring (bicyclic) bond motifs is 1. The van der Waals surface area contributed by atoms with E-state index in [1.807, 2.05) is 12.1 Å². The fraction of sp³-hybridized carbons (Fsp3) is 0.364. The molecule has 0 spiro atoms. The second-order valence-electron chi connectivity index (χ2n) is 6.61. The van der Waals surface area contributed by atoms with Gasteiger partial charge >= 0.3 is 0 Å². The number of rotatable bonds is 5. The SMILES string of the molecule is COc1cc(OC)c2c(c1CC=C(C)C)O[C@H](c1ccccc1)CC2. The van der Waals surface area contributed by atoms with Gasteiger partial charge in [0, 0.05) is 17.2 Å². The Morgan fingerprint density at radius 2 is 1.84 bits per heavy atom. The van der Waals surface area contributed by atoms with Crippen molar-refractivity contribution in [1.82, 2.24) is 0 Å². The highest BCUT2D eigenvalue weighted by atomic mass is 16.5. The maximum Gasteiger partial charge on any atom is 0.134 e. The summed E-state index contributed by atoms with van der Waals surface area (Å²) in [5.74, 6) is 2.59. The first-order valence-corrected chi connectivity index (χ1v) is 8.75. The van der Waals surface area contributed by atoms with Gasteiger partial charge in [0.05, 0.1) is 14.2 Å². The molecular formula is C22H26O3. The van der Waals surface area contributed by atoms with Crippen LogP contribution in [0.1, 0.15) is 43.1 Å². The van der Waals surface area contributed by atoms with Gasteiger partial charge in [-0.25, -0.2) is 0 Å². The number of ether oxygens (including phenoxy) is 3. The molecule has 25 heavy (non-hydrogen) atoms. The average Bonchev–Trinajstić information content (AvgIpc) is 2.65. The van der Waals surface area contributed by atoms with Crippen molar-refractivity contribution in [1.29, 1.82) is 0 Å². The number of methoxy groups -OCH3 is 2. The number of hydrogen-bond acceptors (Lipinski definition) is 3. The Balaban J connectivity index is 2.06. The molecule has 0 unspecified atom stereocenters. The van der Waals surface area contributed by atoms with Gasteiger partial charge in [-0.3, -0.25) is 0 Å². The summed E-state index contributed by atoms with van der Waals surface area (Å²) in [6, 6.07) is 12.4. The smallest absolute Gasteiger partial charge is 0.134 e. The van der Waals surface area contributed by atoms with Crippen LogP contribution in [0.3, 0.4) is 0 Å². The Morgan fingerprint density at radius 3 is 2.48 bits per heavy atom. The van der Waals surface area contributed by atoms with Gasteiger partial charge in [-0.05, 0) is 38.7 Å². The fourth-order valence-electron chi connectivity index (χ4n) is 3.32. The second kappa shape index (κ2) is 7.64. The van der Waals surface area contributed by atoms with Gasteiger partial charge in [-0.15, -0.1) is 0 Å². The van der Waals surface area contributed by atoms with Crippen molar-refractivity contribution in [2.45, 2.75) is 39.2 Å². The lowest BCUT2D eigenvalue weighted by atomic mass is 9.93. The topological polar surface area (TPSA) is 27.7 Å². The first-order valence-electron chi connectivity index (χ1n) is 8.75. The van der Waals surface area contributed by atoms with Crippen LogP contribution >= 0.6 is 0 Å². The van der Waals surface area contributed by atoms with Crippen LogP contribution in [0.25, 0.3) is 0 Å². The fourth-order valence-corrected chi connectivity index (χ4v) is 3.32. The van der Waals surface area contributed by atoms with Crippen molar-refractivity contribution in [3.05, 3.63) is 64.7 Å². The van der Waals surface area contributed by atoms with Crippen molar-refractivity contribution in [2.75, 3.05) is 14.2 Å². The minimum atomic E-state index is 0.0657. The predicted molar refractivity (Wildman–Crippen MR) is 101 cm³/mol. The summed E-state index contributed by atoms with van der Waals surface area (Å²) >= 11 is 0. The van der Waals surface area contributed by atoms with E-state index >= 15 is 0 Å². The number of hydrogen-bond donors (Lipinski definition) is 0. The highest BCUT2D eigenvalue weighted by Gasteiger charge is 2.28. The minimum absolute atomic E-state index is 0.0657. The molecule has 0 fully saturated rings. The molecule has 0 aromatic heterocycles. The third-order valence-electron chi connectivity index (χ3n) is 4.65. The zero-order valence-corrected chi connectivity index (χ0v) is 15.5. The zero-order valence-electron chi connectivity index (χ0n) is 15.5. The molecule has 3 rings (SSSR count). The summed E-state index contributed by atoms with van der Waals surface area (Å²) in [7, 11) is 3.40. The van der Waals surface area contributed by atoms with Gasteiger partial charge in [0.1, 0.15) is 23.4 Å². The van der Waals surface area contributed by atoms with Crippen LogP contribution < -0.4 is 14.2 Å². The molecule has 0 amide bonds. The maximum absolute atomic E-state index is 6.48. The Labute approximate surface area is 150 Å². The standard InChI is InChI=1S/C22H26O3/c1-15(2)10-11-17-20(23-3)14-21(24-4)18-12-13-19(25-22(17)18)16-8-6-5-7-9-16/h5-10,14,19H,11-13H2,1-4H3/t19-/m0/s1. The second-order valence-corrected chi connectivity index (χ2v) is 6.61. The molecule has 3 nitrogen and oxygen atoms in total. The number of allylic oxidation sites excluding steroid dienone is 2. The quantitative estimate of drug-likeness (QED) is 0.694. The van der Waals surface area contributed by atoms with Crippen molar-refractivity contribution >= 4 is 0 Å². The summed E-state index contributed by atoms with van der Waals surface area (Å²) in [5.41, 5.74) is 4.73. The molecule has 1 aliphatic rings. The van der Waals surface area contributed by atoms with Crippen LogP contribution in [-0.2, 0) is 12.8 Å². The van der Waals surface area contributed by atoms with Gasteiger partial charge in [0.2, 0.25) is 0 Å². The summed E-state index contributed by atoms with van der Waals surface area (Å²) < 4.78 is 17.7. The summed E-state index contributed by atoms with van der Waals surface area (Å²) in [4.78, 5) is 0. The molecule has 0 saturated heterocycles. The van der Waals surface area contributed by atoms with Crippen molar-refractivity contribution in [3.63, 3.8) is 0 Å². The summed E-state index contributed by atoms with van der Waals surface area (Å²) in [6.45, 7) is 4.21.